The van der Waals surface area contributed by atoms with Gasteiger partial charge in [-0.2, -0.15) is 0 Å². The van der Waals surface area contributed by atoms with Crippen LogP contribution in [0.1, 0.15) is 30.9 Å². The van der Waals surface area contributed by atoms with E-state index in [2.05, 4.69) is 5.32 Å². The number of anilines is 1. The third kappa shape index (κ3) is 3.86. The van der Waals surface area contributed by atoms with Gasteiger partial charge in [0, 0.05) is 6.54 Å². The topological polar surface area (TPSA) is 101 Å². The summed E-state index contributed by atoms with van der Waals surface area (Å²) >= 11 is 0. The van der Waals surface area contributed by atoms with E-state index in [0.29, 0.717) is 12.1 Å². The van der Waals surface area contributed by atoms with Gasteiger partial charge in [0.1, 0.15) is 4.90 Å². The third-order valence-electron chi connectivity index (χ3n) is 3.02. The molecule has 0 saturated heterocycles. The minimum Gasteiger partial charge on any atom is -0.398 e. The molecule has 0 heterocycles. The van der Waals surface area contributed by atoms with E-state index in [9.17, 15) is 13.2 Å². The second-order valence-corrected chi connectivity index (χ2v) is 6.26. The number of unbranched alkanes of at least 4 members (excludes halogenated alkanes) is 1. The molecule has 1 aromatic rings. The summed E-state index contributed by atoms with van der Waals surface area (Å²) in [4.78, 5) is 11.5. The largest absolute Gasteiger partial charge is 0.398 e. The van der Waals surface area contributed by atoms with Gasteiger partial charge in [-0.15, -0.1) is 0 Å². The molecular weight excluding hydrogens is 278 g/mol. The van der Waals surface area contributed by atoms with Gasteiger partial charge >= 0.3 is 6.03 Å². The van der Waals surface area contributed by atoms with Gasteiger partial charge in [0.15, 0.2) is 0 Å². The lowest BCUT2D eigenvalue weighted by Gasteiger charge is -2.13. The van der Waals surface area contributed by atoms with E-state index in [-0.39, 0.29) is 10.6 Å². The number of hydrogen-bond acceptors (Lipinski definition) is 4. The Hall–Kier alpha value is -1.76. The van der Waals surface area contributed by atoms with E-state index in [0.717, 1.165) is 18.4 Å². The van der Waals surface area contributed by atoms with Crippen LogP contribution in [0.25, 0.3) is 0 Å². The zero-order chi connectivity index (χ0) is 15.3. The van der Waals surface area contributed by atoms with Crippen LogP contribution in [0, 0.1) is 13.8 Å². The summed E-state index contributed by atoms with van der Waals surface area (Å²) in [5.41, 5.74) is 7.19. The lowest BCUT2D eigenvalue weighted by atomic mass is 10.1. The second kappa shape index (κ2) is 6.60. The molecule has 0 atom stereocenters. The molecule has 0 aromatic heterocycles. The lowest BCUT2D eigenvalue weighted by molar-refractivity contribution is 0.245. The maximum atomic E-state index is 12.2. The highest BCUT2D eigenvalue weighted by molar-refractivity contribution is 7.90. The zero-order valence-corrected chi connectivity index (χ0v) is 12.8. The van der Waals surface area contributed by atoms with Crippen molar-refractivity contribution in [2.75, 3.05) is 12.3 Å². The number of benzene rings is 1. The average Bonchev–Trinajstić information content (AvgIpc) is 2.33. The van der Waals surface area contributed by atoms with Crippen molar-refractivity contribution in [2.24, 2.45) is 0 Å². The number of nitrogens with one attached hydrogen (secondary N) is 2. The standard InChI is InChI=1S/C13H21N3O3S/c1-4-5-8-15-13(17)16-20(18,19)12-10(3)9(2)6-7-11(12)14/h6-7H,4-5,8,14H2,1-3H3,(H2,15,16,17). The number of aryl methyl sites for hydroxylation is 1. The molecule has 7 heteroatoms. The minimum atomic E-state index is -3.97. The Balaban J connectivity index is 2.95. The van der Waals surface area contributed by atoms with Gasteiger partial charge in [0.25, 0.3) is 10.0 Å². The minimum absolute atomic E-state index is 0.0388. The number of nitrogens with two attached hydrogens (primary N) is 1. The summed E-state index contributed by atoms with van der Waals surface area (Å²) < 4.78 is 26.4. The summed E-state index contributed by atoms with van der Waals surface area (Å²) in [5, 5.41) is 2.49. The predicted molar refractivity (Wildman–Crippen MR) is 79.0 cm³/mol. The summed E-state index contributed by atoms with van der Waals surface area (Å²) in [6.07, 6.45) is 1.70. The number of nitrogen functional groups attached to an aromatic ring is 1. The molecule has 6 nitrogen and oxygen atoms in total. The van der Waals surface area contributed by atoms with Gasteiger partial charge < -0.3 is 11.1 Å². The number of hydrogen-bond donors (Lipinski definition) is 3. The first kappa shape index (κ1) is 16.3. The highest BCUT2D eigenvalue weighted by atomic mass is 32.2. The normalized spacial score (nSPS) is 11.2. The molecular formula is C13H21N3O3S. The van der Waals surface area contributed by atoms with Gasteiger partial charge in [-0.05, 0) is 37.5 Å². The fourth-order valence-electron chi connectivity index (χ4n) is 1.76. The Kier molecular flexibility index (Phi) is 5.38. The molecule has 0 aliphatic carbocycles. The van der Waals surface area contributed by atoms with Gasteiger partial charge in [-0.3, -0.25) is 0 Å². The Morgan fingerprint density at radius 3 is 2.55 bits per heavy atom. The molecule has 0 aliphatic rings. The van der Waals surface area contributed by atoms with E-state index < -0.39 is 16.1 Å². The molecule has 1 rings (SSSR count). The van der Waals surface area contributed by atoms with E-state index in [4.69, 9.17) is 5.73 Å². The average molecular weight is 299 g/mol. The Morgan fingerprint density at radius 1 is 1.30 bits per heavy atom. The predicted octanol–water partition coefficient (Wildman–Crippen LogP) is 1.67. The van der Waals surface area contributed by atoms with Gasteiger partial charge in [-0.1, -0.05) is 19.4 Å². The zero-order valence-electron chi connectivity index (χ0n) is 12.0. The second-order valence-electron chi connectivity index (χ2n) is 4.64. The third-order valence-corrected chi connectivity index (χ3v) is 4.55. The Labute approximate surface area is 119 Å². The number of amides is 2. The number of carbonyl (C=O) groups excluding carboxylic acids is 1. The van der Waals surface area contributed by atoms with Crippen molar-refractivity contribution < 1.29 is 13.2 Å². The van der Waals surface area contributed by atoms with Crippen molar-refractivity contribution in [3.8, 4) is 0 Å². The molecule has 112 valence electrons. The molecule has 0 unspecified atom stereocenters. The van der Waals surface area contributed by atoms with Gasteiger partial charge in [0.05, 0.1) is 5.69 Å². The quantitative estimate of drug-likeness (QED) is 0.568. The van der Waals surface area contributed by atoms with E-state index in [1.807, 2.05) is 11.6 Å². The fraction of sp³-hybridized carbons (Fsp3) is 0.462. The lowest BCUT2D eigenvalue weighted by Crippen LogP contribution is -2.40. The van der Waals surface area contributed by atoms with Gasteiger partial charge in [0.2, 0.25) is 0 Å². The summed E-state index contributed by atoms with van der Waals surface area (Å²) in [6, 6.07) is 2.52. The molecule has 0 bridgehead atoms. The molecule has 0 spiro atoms. The molecule has 0 aliphatic heterocycles. The van der Waals surface area contributed by atoms with Crippen molar-refractivity contribution in [3.05, 3.63) is 23.3 Å². The van der Waals surface area contributed by atoms with Crippen LogP contribution < -0.4 is 15.8 Å². The van der Waals surface area contributed by atoms with Crippen LogP contribution in [0.5, 0.6) is 0 Å². The highest BCUT2D eigenvalue weighted by Gasteiger charge is 2.23. The van der Waals surface area contributed by atoms with E-state index in [1.54, 1.807) is 19.9 Å². The first-order valence-electron chi connectivity index (χ1n) is 6.46. The maximum absolute atomic E-state index is 12.2. The Morgan fingerprint density at radius 2 is 1.95 bits per heavy atom. The SMILES string of the molecule is CCCCNC(=O)NS(=O)(=O)c1c(N)ccc(C)c1C. The fourth-order valence-corrected chi connectivity index (χ4v) is 3.12. The highest BCUT2D eigenvalue weighted by Crippen LogP contribution is 2.24. The number of carbonyl (C=O) groups is 1. The molecule has 2 amide bonds. The molecule has 0 radical (unpaired) electrons. The van der Waals surface area contributed by atoms with Crippen molar-refractivity contribution in [1.82, 2.24) is 10.0 Å². The molecule has 20 heavy (non-hydrogen) atoms. The van der Waals surface area contributed by atoms with Crippen LogP contribution in [0.3, 0.4) is 0 Å². The first-order chi connectivity index (χ1) is 9.29. The summed E-state index contributed by atoms with van der Waals surface area (Å²) in [6.45, 7) is 5.86. The van der Waals surface area contributed by atoms with Crippen molar-refractivity contribution in [3.63, 3.8) is 0 Å². The van der Waals surface area contributed by atoms with Crippen molar-refractivity contribution in [1.29, 1.82) is 0 Å². The van der Waals surface area contributed by atoms with Crippen LogP contribution in [0.15, 0.2) is 17.0 Å². The van der Waals surface area contributed by atoms with E-state index in [1.165, 1.54) is 6.07 Å². The van der Waals surface area contributed by atoms with Crippen LogP contribution >= 0.6 is 0 Å². The maximum Gasteiger partial charge on any atom is 0.328 e. The van der Waals surface area contributed by atoms with Crippen LogP contribution in [-0.2, 0) is 10.0 Å². The van der Waals surface area contributed by atoms with Crippen LogP contribution in [0.4, 0.5) is 10.5 Å². The summed E-state index contributed by atoms with van der Waals surface area (Å²) in [5.74, 6) is 0. The number of sulfonamides is 1. The smallest absolute Gasteiger partial charge is 0.328 e. The van der Waals surface area contributed by atoms with Crippen molar-refractivity contribution in [2.45, 2.75) is 38.5 Å². The molecule has 4 N–H and O–H groups in total. The van der Waals surface area contributed by atoms with E-state index >= 15 is 0 Å². The Bertz CT molecular complexity index is 597. The first-order valence-corrected chi connectivity index (χ1v) is 7.94. The monoisotopic (exact) mass is 299 g/mol. The number of urea groups is 1. The summed E-state index contributed by atoms with van der Waals surface area (Å²) in [7, 11) is -3.97. The van der Waals surface area contributed by atoms with Gasteiger partial charge in [-0.25, -0.2) is 17.9 Å². The van der Waals surface area contributed by atoms with Crippen LogP contribution in [0.2, 0.25) is 0 Å². The molecule has 0 fully saturated rings. The number of rotatable bonds is 5. The van der Waals surface area contributed by atoms with Crippen LogP contribution in [-0.4, -0.2) is 21.0 Å². The molecule has 1 aromatic carbocycles. The molecule has 0 saturated carbocycles. The van der Waals surface area contributed by atoms with Crippen molar-refractivity contribution >= 4 is 21.7 Å².